The van der Waals surface area contributed by atoms with E-state index in [0.717, 1.165) is 12.5 Å². The van der Waals surface area contributed by atoms with Crippen molar-refractivity contribution in [2.45, 2.75) is 31.7 Å². The van der Waals surface area contributed by atoms with Crippen molar-refractivity contribution < 1.29 is 14.3 Å². The van der Waals surface area contributed by atoms with Gasteiger partial charge >= 0.3 is 5.97 Å². The fourth-order valence-electron chi connectivity index (χ4n) is 1.37. The van der Waals surface area contributed by atoms with Crippen LogP contribution in [0.3, 0.4) is 0 Å². The van der Waals surface area contributed by atoms with E-state index in [9.17, 15) is 4.79 Å². The molecule has 1 saturated carbocycles. The van der Waals surface area contributed by atoms with Crippen LogP contribution in [-0.4, -0.2) is 38.9 Å². The molecule has 1 aliphatic rings. The van der Waals surface area contributed by atoms with Crippen LogP contribution in [0, 0.1) is 5.92 Å². The second kappa shape index (κ2) is 5.47. The summed E-state index contributed by atoms with van der Waals surface area (Å²) in [7, 11) is 3.17. The van der Waals surface area contributed by atoms with E-state index in [1.54, 1.807) is 7.05 Å². The SMILES string of the molecule is CNC(C)(CCOCC1CC1)C(=O)OC. The van der Waals surface area contributed by atoms with Crippen LogP contribution < -0.4 is 5.32 Å². The standard InChI is InChI=1S/C11H21NO3/c1-11(12-2,10(13)14-3)6-7-15-8-9-4-5-9/h9,12H,4-8H2,1-3H3. The highest BCUT2D eigenvalue weighted by Gasteiger charge is 2.32. The van der Waals surface area contributed by atoms with Crippen LogP contribution in [0.1, 0.15) is 26.2 Å². The number of rotatable bonds is 7. The minimum Gasteiger partial charge on any atom is -0.468 e. The zero-order valence-corrected chi connectivity index (χ0v) is 9.84. The molecular formula is C11H21NO3. The Morgan fingerprint density at radius 3 is 2.67 bits per heavy atom. The quantitative estimate of drug-likeness (QED) is 0.507. The molecule has 1 fully saturated rings. The predicted molar refractivity (Wildman–Crippen MR) is 57.6 cm³/mol. The fraction of sp³-hybridized carbons (Fsp3) is 0.909. The third-order valence-electron chi connectivity index (χ3n) is 2.98. The highest BCUT2D eigenvalue weighted by Crippen LogP contribution is 2.28. The lowest BCUT2D eigenvalue weighted by Crippen LogP contribution is -2.49. The molecule has 0 spiro atoms. The lowest BCUT2D eigenvalue weighted by molar-refractivity contribution is -0.148. The maximum Gasteiger partial charge on any atom is 0.325 e. The molecule has 4 heteroatoms. The van der Waals surface area contributed by atoms with Crippen molar-refractivity contribution in [3.8, 4) is 0 Å². The average Bonchev–Trinajstić information content (AvgIpc) is 3.06. The number of likely N-dealkylation sites (N-methyl/N-ethyl adjacent to an activating group) is 1. The molecule has 1 aliphatic carbocycles. The van der Waals surface area contributed by atoms with E-state index in [-0.39, 0.29) is 5.97 Å². The molecule has 4 nitrogen and oxygen atoms in total. The fourth-order valence-corrected chi connectivity index (χ4v) is 1.37. The molecule has 0 bridgehead atoms. The summed E-state index contributed by atoms with van der Waals surface area (Å²) in [4.78, 5) is 11.5. The lowest BCUT2D eigenvalue weighted by atomic mass is 9.99. The van der Waals surface area contributed by atoms with Gasteiger partial charge in [-0.3, -0.25) is 4.79 Å². The first-order valence-electron chi connectivity index (χ1n) is 5.47. The van der Waals surface area contributed by atoms with Gasteiger partial charge in [-0.2, -0.15) is 0 Å². The van der Waals surface area contributed by atoms with E-state index in [2.05, 4.69) is 5.32 Å². The first-order valence-corrected chi connectivity index (χ1v) is 5.47. The average molecular weight is 215 g/mol. The number of ether oxygens (including phenoxy) is 2. The number of hydrogen-bond donors (Lipinski definition) is 1. The molecule has 0 aromatic carbocycles. The number of esters is 1. The van der Waals surface area contributed by atoms with Crippen molar-refractivity contribution in [2.75, 3.05) is 27.4 Å². The monoisotopic (exact) mass is 215 g/mol. The molecule has 1 N–H and O–H groups in total. The van der Waals surface area contributed by atoms with Crippen molar-refractivity contribution in [3.63, 3.8) is 0 Å². The van der Waals surface area contributed by atoms with Gasteiger partial charge < -0.3 is 14.8 Å². The Hall–Kier alpha value is -0.610. The third kappa shape index (κ3) is 3.80. The Bertz CT molecular complexity index is 216. The zero-order chi connectivity index (χ0) is 11.3. The minimum atomic E-state index is -0.627. The molecule has 0 radical (unpaired) electrons. The second-order valence-corrected chi connectivity index (χ2v) is 4.34. The Kier molecular flexibility index (Phi) is 4.54. The van der Waals surface area contributed by atoms with E-state index in [0.29, 0.717) is 13.0 Å². The third-order valence-corrected chi connectivity index (χ3v) is 2.98. The Morgan fingerprint density at radius 1 is 1.53 bits per heavy atom. The van der Waals surface area contributed by atoms with Gasteiger partial charge in [0.15, 0.2) is 0 Å². The zero-order valence-electron chi connectivity index (χ0n) is 9.84. The van der Waals surface area contributed by atoms with Crippen molar-refractivity contribution in [1.29, 1.82) is 0 Å². The van der Waals surface area contributed by atoms with Crippen LogP contribution >= 0.6 is 0 Å². The molecule has 0 amide bonds. The molecule has 0 aliphatic heterocycles. The maximum absolute atomic E-state index is 11.5. The molecule has 1 rings (SSSR count). The summed E-state index contributed by atoms with van der Waals surface area (Å²) in [6.45, 7) is 3.27. The highest BCUT2D eigenvalue weighted by atomic mass is 16.5. The first kappa shape index (κ1) is 12.5. The molecule has 15 heavy (non-hydrogen) atoms. The van der Waals surface area contributed by atoms with Crippen LogP contribution in [0.2, 0.25) is 0 Å². The minimum absolute atomic E-state index is 0.236. The molecule has 0 aromatic heterocycles. The van der Waals surface area contributed by atoms with Crippen LogP contribution in [-0.2, 0) is 14.3 Å². The molecule has 0 aromatic rings. The van der Waals surface area contributed by atoms with E-state index in [1.165, 1.54) is 20.0 Å². The van der Waals surface area contributed by atoms with Gasteiger partial charge in [-0.1, -0.05) is 0 Å². The summed E-state index contributed by atoms with van der Waals surface area (Å²) in [5.74, 6) is 0.531. The number of carbonyl (C=O) groups is 1. The van der Waals surface area contributed by atoms with Gasteiger partial charge in [0.05, 0.1) is 7.11 Å². The summed E-state index contributed by atoms with van der Waals surface area (Å²) in [5, 5.41) is 2.98. The topological polar surface area (TPSA) is 47.6 Å². The van der Waals surface area contributed by atoms with Gasteiger partial charge in [-0.15, -0.1) is 0 Å². The summed E-state index contributed by atoms with van der Waals surface area (Å²) >= 11 is 0. The van der Waals surface area contributed by atoms with E-state index >= 15 is 0 Å². The number of methoxy groups -OCH3 is 1. The van der Waals surface area contributed by atoms with Gasteiger partial charge in [0.1, 0.15) is 5.54 Å². The summed E-state index contributed by atoms with van der Waals surface area (Å²) in [6, 6.07) is 0. The molecule has 0 heterocycles. The van der Waals surface area contributed by atoms with Gasteiger partial charge in [0, 0.05) is 13.2 Å². The molecular weight excluding hydrogens is 194 g/mol. The Labute approximate surface area is 91.3 Å². The van der Waals surface area contributed by atoms with Gasteiger partial charge in [-0.25, -0.2) is 0 Å². The first-order chi connectivity index (χ1) is 7.12. The van der Waals surface area contributed by atoms with Crippen molar-refractivity contribution in [1.82, 2.24) is 5.32 Å². The molecule has 0 saturated heterocycles. The number of carbonyl (C=O) groups excluding carboxylic acids is 1. The van der Waals surface area contributed by atoms with Gasteiger partial charge in [0.2, 0.25) is 0 Å². The normalized spacial score (nSPS) is 19.7. The smallest absolute Gasteiger partial charge is 0.325 e. The van der Waals surface area contributed by atoms with Gasteiger partial charge in [-0.05, 0) is 39.2 Å². The van der Waals surface area contributed by atoms with E-state index in [4.69, 9.17) is 9.47 Å². The maximum atomic E-state index is 11.5. The van der Waals surface area contributed by atoms with Crippen molar-refractivity contribution >= 4 is 5.97 Å². The molecule has 1 unspecified atom stereocenters. The lowest BCUT2D eigenvalue weighted by Gasteiger charge is -2.25. The van der Waals surface area contributed by atoms with Crippen LogP contribution in [0.4, 0.5) is 0 Å². The summed E-state index contributed by atoms with van der Waals surface area (Å²) in [6.07, 6.45) is 3.23. The van der Waals surface area contributed by atoms with E-state index < -0.39 is 5.54 Å². The van der Waals surface area contributed by atoms with Crippen molar-refractivity contribution in [3.05, 3.63) is 0 Å². The summed E-state index contributed by atoms with van der Waals surface area (Å²) < 4.78 is 10.2. The number of nitrogens with one attached hydrogen (secondary N) is 1. The Balaban J connectivity index is 2.21. The number of hydrogen-bond acceptors (Lipinski definition) is 4. The largest absolute Gasteiger partial charge is 0.468 e. The molecule has 88 valence electrons. The van der Waals surface area contributed by atoms with E-state index in [1.807, 2.05) is 6.92 Å². The van der Waals surface area contributed by atoms with Crippen LogP contribution in [0.25, 0.3) is 0 Å². The Morgan fingerprint density at radius 2 is 2.20 bits per heavy atom. The van der Waals surface area contributed by atoms with Crippen LogP contribution in [0.5, 0.6) is 0 Å². The summed E-state index contributed by atoms with van der Waals surface area (Å²) in [5.41, 5.74) is -0.627. The second-order valence-electron chi connectivity index (χ2n) is 4.34. The van der Waals surface area contributed by atoms with Crippen molar-refractivity contribution in [2.24, 2.45) is 5.92 Å². The van der Waals surface area contributed by atoms with Crippen LogP contribution in [0.15, 0.2) is 0 Å². The molecule has 1 atom stereocenters. The van der Waals surface area contributed by atoms with Gasteiger partial charge in [0.25, 0.3) is 0 Å². The highest BCUT2D eigenvalue weighted by molar-refractivity contribution is 5.80. The predicted octanol–water partition coefficient (Wildman–Crippen LogP) is 0.954.